The molecular weight excluding hydrogens is 780 g/mol. The Morgan fingerprint density at radius 3 is 2.05 bits per heavy atom. The number of carbonyl (C=O) groups excluding carboxylic acids is 2. The summed E-state index contributed by atoms with van der Waals surface area (Å²) in [7, 11) is 4.68. The Morgan fingerprint density at radius 1 is 0.783 bits per heavy atom. The molecule has 6 fully saturated rings. The van der Waals surface area contributed by atoms with Gasteiger partial charge in [0.1, 0.15) is 42.4 Å². The molecule has 0 spiro atoms. The number of Topliss-reactive ketones (excluding diaryl/α,β-unsaturated/α-hetero) is 1. The number of allylic oxidation sites excluding steroid dienone is 2. The van der Waals surface area contributed by atoms with E-state index in [1.165, 1.54) is 12.7 Å². The Hall–Kier alpha value is -1.86. The lowest BCUT2D eigenvalue weighted by molar-refractivity contribution is -0.352. The minimum atomic E-state index is -1.22. The summed E-state index contributed by atoms with van der Waals surface area (Å²) < 4.78 is 61.5. The third-order valence-corrected chi connectivity index (χ3v) is 15.2. The van der Waals surface area contributed by atoms with Crippen molar-refractivity contribution in [1.29, 1.82) is 0 Å². The monoisotopic (exact) mass is 850 g/mol. The maximum absolute atomic E-state index is 13.1. The van der Waals surface area contributed by atoms with Crippen LogP contribution >= 0.6 is 0 Å². The molecule has 7 rings (SSSR count). The van der Waals surface area contributed by atoms with Crippen LogP contribution in [0.5, 0.6) is 0 Å². The van der Waals surface area contributed by atoms with Gasteiger partial charge in [0, 0.05) is 51.6 Å². The molecule has 4 aliphatic carbocycles. The van der Waals surface area contributed by atoms with Gasteiger partial charge in [-0.25, -0.2) is 4.79 Å². The quantitative estimate of drug-likeness (QED) is 0.146. The van der Waals surface area contributed by atoms with E-state index in [-0.39, 0.29) is 53.7 Å². The first-order valence-corrected chi connectivity index (χ1v) is 22.2. The number of hydrogen-bond acceptors (Lipinski definition) is 15. The molecule has 21 atom stereocenters. The highest BCUT2D eigenvalue weighted by Gasteiger charge is 2.63. The van der Waals surface area contributed by atoms with Gasteiger partial charge < -0.3 is 62.7 Å². The molecule has 3 heterocycles. The second kappa shape index (κ2) is 19.1. The number of esters is 1. The number of aliphatic hydroxyl groups is 3. The molecule has 15 heteroatoms. The van der Waals surface area contributed by atoms with Crippen LogP contribution in [0.2, 0.25) is 0 Å². The number of hydrogen-bond donors (Lipinski definition) is 3. The molecule has 0 aromatic carbocycles. The zero-order valence-corrected chi connectivity index (χ0v) is 36.8. The third kappa shape index (κ3) is 8.94. The molecule has 7 aliphatic rings. The molecule has 340 valence electrons. The van der Waals surface area contributed by atoms with E-state index < -0.39 is 85.3 Å². The molecule has 0 aromatic rings. The highest BCUT2D eigenvalue weighted by Crippen LogP contribution is 2.60. The van der Waals surface area contributed by atoms with Crippen molar-refractivity contribution in [2.75, 3.05) is 21.3 Å². The number of ketones is 1. The molecule has 3 saturated heterocycles. The van der Waals surface area contributed by atoms with Crippen LogP contribution in [-0.4, -0.2) is 146 Å². The van der Waals surface area contributed by atoms with Crippen molar-refractivity contribution in [3.63, 3.8) is 0 Å². The second-order valence-electron chi connectivity index (χ2n) is 18.5. The Kier molecular flexibility index (Phi) is 14.7. The van der Waals surface area contributed by atoms with Gasteiger partial charge in [0.15, 0.2) is 18.9 Å². The van der Waals surface area contributed by atoms with Gasteiger partial charge >= 0.3 is 5.97 Å². The van der Waals surface area contributed by atoms with Crippen LogP contribution in [0.1, 0.15) is 99.3 Å². The Bertz CT molecular complexity index is 1570. The van der Waals surface area contributed by atoms with Crippen LogP contribution in [0, 0.1) is 29.6 Å². The molecule has 3 N–H and O–H groups in total. The standard InChI is InChI=1S/C45H70O15/c1-10-21(2)43(49)58-32-18-30-29-13-12-27(17-26(29)11-14-31(30)45(50)16-15-28(22(3)46)37(32)45)57-35-19-33(51-7)40(24(5)54-35)59-36-20-34(52-8)41(25(6)55-36)60-44-39(48)42(53-9)38(47)23(4)56-44/h10-11,23-25,27-42,44,47-48,50H,12-20H2,1-9H3. The fraction of sp³-hybridized carbons (Fsp3) is 0.867. The van der Waals surface area contributed by atoms with Crippen LogP contribution in [0.15, 0.2) is 23.3 Å². The molecule has 0 radical (unpaired) electrons. The molecule has 3 aliphatic heterocycles. The third-order valence-electron chi connectivity index (χ3n) is 15.2. The lowest BCUT2D eigenvalue weighted by Gasteiger charge is -2.55. The summed E-state index contributed by atoms with van der Waals surface area (Å²) >= 11 is 0. The number of rotatable bonds is 12. The van der Waals surface area contributed by atoms with Gasteiger partial charge in [-0.1, -0.05) is 17.7 Å². The van der Waals surface area contributed by atoms with E-state index in [0.717, 1.165) is 25.7 Å². The second-order valence-corrected chi connectivity index (χ2v) is 18.5. The zero-order chi connectivity index (χ0) is 43.2. The fourth-order valence-electron chi connectivity index (χ4n) is 11.9. The van der Waals surface area contributed by atoms with E-state index in [1.807, 2.05) is 20.8 Å². The SMILES string of the molecule is CC=C(C)C(=O)OC1CC2C3CCC(OC4CC(OC)C(OC5CC(OC)C(OC6OC(C)C(O)C(OC)C6O)C(C)O5)C(C)O4)CC3=CCC2C2(O)CCC(C(C)=O)C12. The maximum atomic E-state index is 13.1. The van der Waals surface area contributed by atoms with Crippen LogP contribution < -0.4 is 0 Å². The van der Waals surface area contributed by atoms with E-state index >= 15 is 0 Å². The van der Waals surface area contributed by atoms with E-state index in [4.69, 9.17) is 47.4 Å². The minimum absolute atomic E-state index is 0.00717. The normalized spacial score (nSPS) is 48.3. The minimum Gasteiger partial charge on any atom is -0.459 e. The summed E-state index contributed by atoms with van der Waals surface area (Å²) in [5.41, 5.74) is 0.790. The summed E-state index contributed by atoms with van der Waals surface area (Å²) in [6.07, 6.45) is 0.586. The first kappa shape index (κ1) is 46.1. The van der Waals surface area contributed by atoms with Crippen LogP contribution in [-0.2, 0) is 57.0 Å². The van der Waals surface area contributed by atoms with E-state index in [9.17, 15) is 24.9 Å². The number of aliphatic hydroxyl groups excluding tert-OH is 2. The van der Waals surface area contributed by atoms with Crippen molar-refractivity contribution in [3.8, 4) is 0 Å². The van der Waals surface area contributed by atoms with Crippen molar-refractivity contribution < 1.29 is 72.3 Å². The summed E-state index contributed by atoms with van der Waals surface area (Å²) in [6.45, 7) is 10.6. The maximum Gasteiger partial charge on any atom is 0.333 e. The summed E-state index contributed by atoms with van der Waals surface area (Å²) in [5.74, 6) is -0.651. The average Bonchev–Trinajstić information content (AvgIpc) is 3.60. The summed E-state index contributed by atoms with van der Waals surface area (Å²) in [6, 6.07) is 0. The highest BCUT2D eigenvalue weighted by atomic mass is 16.8. The average molecular weight is 851 g/mol. The highest BCUT2D eigenvalue weighted by molar-refractivity contribution is 5.88. The van der Waals surface area contributed by atoms with Crippen molar-refractivity contribution in [3.05, 3.63) is 23.3 Å². The molecule has 3 saturated carbocycles. The topological polar surface area (TPSA) is 187 Å². The number of fused-ring (bicyclic) bond motifs is 5. The molecule has 0 aromatic heterocycles. The van der Waals surface area contributed by atoms with Gasteiger partial charge in [0.2, 0.25) is 0 Å². The number of carbonyl (C=O) groups is 2. The Morgan fingerprint density at radius 2 is 1.43 bits per heavy atom. The van der Waals surface area contributed by atoms with Crippen molar-refractivity contribution in [1.82, 2.24) is 0 Å². The van der Waals surface area contributed by atoms with E-state index in [0.29, 0.717) is 37.7 Å². The van der Waals surface area contributed by atoms with Gasteiger partial charge in [-0.05, 0) is 104 Å². The fourth-order valence-corrected chi connectivity index (χ4v) is 11.9. The van der Waals surface area contributed by atoms with Crippen molar-refractivity contribution >= 4 is 11.8 Å². The molecular formula is C45H70O15. The molecule has 0 bridgehead atoms. The Balaban J connectivity index is 0.951. The number of methoxy groups -OCH3 is 3. The first-order valence-electron chi connectivity index (χ1n) is 22.2. The van der Waals surface area contributed by atoms with Crippen molar-refractivity contribution in [2.24, 2.45) is 29.6 Å². The Labute approximate surface area is 354 Å². The molecule has 0 amide bonds. The predicted octanol–water partition coefficient (Wildman–Crippen LogP) is 3.91. The van der Waals surface area contributed by atoms with Crippen molar-refractivity contribution in [2.45, 2.75) is 197 Å². The predicted molar refractivity (Wildman–Crippen MR) is 214 cm³/mol. The lowest BCUT2D eigenvalue weighted by atomic mass is 9.53. The number of ether oxygens (including phenoxy) is 10. The van der Waals surface area contributed by atoms with Crippen LogP contribution in [0.3, 0.4) is 0 Å². The van der Waals surface area contributed by atoms with Gasteiger partial charge in [-0.3, -0.25) is 4.79 Å². The van der Waals surface area contributed by atoms with Crippen LogP contribution in [0.4, 0.5) is 0 Å². The lowest BCUT2D eigenvalue weighted by Crippen LogP contribution is -2.61. The van der Waals surface area contributed by atoms with E-state index in [2.05, 4.69) is 6.08 Å². The summed E-state index contributed by atoms with van der Waals surface area (Å²) in [5, 5.41) is 33.7. The van der Waals surface area contributed by atoms with E-state index in [1.54, 1.807) is 41.1 Å². The van der Waals surface area contributed by atoms with Crippen LogP contribution in [0.25, 0.3) is 0 Å². The molecule has 60 heavy (non-hydrogen) atoms. The largest absolute Gasteiger partial charge is 0.459 e. The zero-order valence-electron chi connectivity index (χ0n) is 36.8. The van der Waals surface area contributed by atoms with Gasteiger partial charge in [0.05, 0.1) is 42.2 Å². The first-order chi connectivity index (χ1) is 28.6. The summed E-state index contributed by atoms with van der Waals surface area (Å²) in [4.78, 5) is 25.9. The van der Waals surface area contributed by atoms with Gasteiger partial charge in [-0.2, -0.15) is 0 Å². The van der Waals surface area contributed by atoms with Gasteiger partial charge in [0.25, 0.3) is 0 Å². The van der Waals surface area contributed by atoms with Gasteiger partial charge in [-0.15, -0.1) is 0 Å². The molecule has 15 nitrogen and oxygen atoms in total. The molecule has 21 unspecified atom stereocenters. The smallest absolute Gasteiger partial charge is 0.333 e.